The Bertz CT molecular complexity index is 319. The standard InChI is InChI=1S/C12H16N2/c1-4-6-7-10(3)12-9-13-11(5-2)8-14-12/h4,6-8,13H,1,3,5,9H2,2H3/b7-6-. The Kier molecular flexibility index (Phi) is 3.92. The van der Waals surface area contributed by atoms with Crippen molar-refractivity contribution in [3.05, 3.63) is 48.9 Å². The van der Waals surface area contributed by atoms with Crippen LogP contribution in [0.4, 0.5) is 0 Å². The zero-order chi connectivity index (χ0) is 10.4. The normalized spacial score (nSPS) is 15.8. The van der Waals surface area contributed by atoms with Gasteiger partial charge < -0.3 is 5.32 Å². The Hall–Kier alpha value is -1.57. The second kappa shape index (κ2) is 5.22. The van der Waals surface area contributed by atoms with Crippen LogP contribution in [0, 0.1) is 0 Å². The van der Waals surface area contributed by atoms with E-state index in [0.717, 1.165) is 24.3 Å². The second-order valence-electron chi connectivity index (χ2n) is 3.06. The van der Waals surface area contributed by atoms with E-state index in [1.54, 1.807) is 6.08 Å². The number of allylic oxidation sites excluding steroid dienone is 4. The van der Waals surface area contributed by atoms with Gasteiger partial charge in [-0.2, -0.15) is 0 Å². The smallest absolute Gasteiger partial charge is 0.0661 e. The quantitative estimate of drug-likeness (QED) is 0.674. The Morgan fingerprint density at radius 3 is 3.00 bits per heavy atom. The van der Waals surface area contributed by atoms with Crippen LogP contribution in [0.2, 0.25) is 0 Å². The molecule has 14 heavy (non-hydrogen) atoms. The van der Waals surface area contributed by atoms with Gasteiger partial charge in [0, 0.05) is 11.9 Å². The highest BCUT2D eigenvalue weighted by atomic mass is 15.0. The van der Waals surface area contributed by atoms with Crippen molar-refractivity contribution < 1.29 is 0 Å². The van der Waals surface area contributed by atoms with Gasteiger partial charge in [0.15, 0.2) is 0 Å². The molecule has 1 aliphatic rings. The number of hydrogen-bond donors (Lipinski definition) is 1. The monoisotopic (exact) mass is 188 g/mol. The molecule has 1 rings (SSSR count). The van der Waals surface area contributed by atoms with Crippen LogP contribution in [0.25, 0.3) is 0 Å². The lowest BCUT2D eigenvalue weighted by molar-refractivity contribution is 0.839. The second-order valence-corrected chi connectivity index (χ2v) is 3.06. The average Bonchev–Trinajstić information content (AvgIpc) is 2.26. The first kappa shape index (κ1) is 10.5. The van der Waals surface area contributed by atoms with E-state index in [1.165, 1.54) is 5.70 Å². The molecule has 0 unspecified atom stereocenters. The lowest BCUT2D eigenvalue weighted by Crippen LogP contribution is -2.25. The molecule has 0 aromatic heterocycles. The van der Waals surface area contributed by atoms with Gasteiger partial charge in [-0.25, -0.2) is 0 Å². The summed E-state index contributed by atoms with van der Waals surface area (Å²) in [6, 6.07) is 0. The fourth-order valence-electron chi connectivity index (χ4n) is 1.14. The molecule has 2 heteroatoms. The lowest BCUT2D eigenvalue weighted by atomic mass is 10.1. The first-order chi connectivity index (χ1) is 6.77. The largest absolute Gasteiger partial charge is 0.381 e. The fraction of sp³-hybridized carbons (Fsp3) is 0.250. The highest BCUT2D eigenvalue weighted by molar-refractivity contribution is 6.04. The molecule has 0 saturated heterocycles. The molecule has 1 N–H and O–H groups in total. The van der Waals surface area contributed by atoms with Gasteiger partial charge in [-0.15, -0.1) is 0 Å². The average molecular weight is 188 g/mol. The minimum Gasteiger partial charge on any atom is -0.381 e. The topological polar surface area (TPSA) is 24.4 Å². The van der Waals surface area contributed by atoms with Crippen LogP contribution in [0.15, 0.2) is 53.8 Å². The third-order valence-corrected chi connectivity index (χ3v) is 2.04. The molecule has 2 nitrogen and oxygen atoms in total. The van der Waals surface area contributed by atoms with Gasteiger partial charge in [-0.1, -0.05) is 38.3 Å². The number of nitrogens with zero attached hydrogens (tertiary/aromatic N) is 1. The fourth-order valence-corrected chi connectivity index (χ4v) is 1.14. The van der Waals surface area contributed by atoms with E-state index >= 15 is 0 Å². The van der Waals surface area contributed by atoms with Gasteiger partial charge in [-0.05, 0) is 12.0 Å². The zero-order valence-corrected chi connectivity index (χ0v) is 8.59. The molecule has 1 aliphatic heterocycles. The molecule has 0 amide bonds. The first-order valence-electron chi connectivity index (χ1n) is 4.76. The first-order valence-corrected chi connectivity index (χ1v) is 4.76. The molecule has 74 valence electrons. The summed E-state index contributed by atoms with van der Waals surface area (Å²) in [4.78, 5) is 4.34. The molecule has 0 atom stereocenters. The molecule has 0 aromatic rings. The number of rotatable bonds is 4. The number of nitrogens with one attached hydrogen (secondary N) is 1. The van der Waals surface area contributed by atoms with Crippen molar-refractivity contribution in [2.45, 2.75) is 13.3 Å². The molecule has 0 radical (unpaired) electrons. The summed E-state index contributed by atoms with van der Waals surface area (Å²) in [6.45, 7) is 10.4. The summed E-state index contributed by atoms with van der Waals surface area (Å²) in [5, 5.41) is 3.29. The van der Waals surface area contributed by atoms with Crippen LogP contribution in [-0.4, -0.2) is 12.3 Å². The molecule has 0 spiro atoms. The van der Waals surface area contributed by atoms with Crippen molar-refractivity contribution in [3.8, 4) is 0 Å². The maximum absolute atomic E-state index is 4.34. The SMILES string of the molecule is C=C/C=C\C(=C)C1=NC=C(CC)NC1. The third-order valence-electron chi connectivity index (χ3n) is 2.04. The maximum atomic E-state index is 4.34. The Morgan fingerprint density at radius 1 is 1.71 bits per heavy atom. The van der Waals surface area contributed by atoms with Gasteiger partial charge >= 0.3 is 0 Å². The molecule has 0 aromatic carbocycles. The molecule has 0 aliphatic carbocycles. The van der Waals surface area contributed by atoms with E-state index in [0.29, 0.717) is 0 Å². The van der Waals surface area contributed by atoms with Gasteiger partial charge in [0.2, 0.25) is 0 Å². The highest BCUT2D eigenvalue weighted by Gasteiger charge is 2.06. The Morgan fingerprint density at radius 2 is 2.50 bits per heavy atom. The van der Waals surface area contributed by atoms with Crippen LogP contribution in [-0.2, 0) is 0 Å². The summed E-state index contributed by atoms with van der Waals surface area (Å²) in [7, 11) is 0. The summed E-state index contributed by atoms with van der Waals surface area (Å²) < 4.78 is 0. The van der Waals surface area contributed by atoms with Crippen LogP contribution in [0.3, 0.4) is 0 Å². The summed E-state index contributed by atoms with van der Waals surface area (Å²) >= 11 is 0. The minimum atomic E-state index is 0.764. The molecule has 1 heterocycles. The predicted octanol–water partition coefficient (Wildman–Crippen LogP) is 2.58. The highest BCUT2D eigenvalue weighted by Crippen LogP contribution is 2.06. The Labute approximate surface area is 85.4 Å². The van der Waals surface area contributed by atoms with Crippen molar-refractivity contribution in [3.63, 3.8) is 0 Å². The molecule has 0 bridgehead atoms. The molecule has 0 fully saturated rings. The Balaban J connectivity index is 2.67. The van der Waals surface area contributed by atoms with E-state index in [4.69, 9.17) is 0 Å². The van der Waals surface area contributed by atoms with E-state index in [-0.39, 0.29) is 0 Å². The van der Waals surface area contributed by atoms with Gasteiger partial charge in [0.05, 0.1) is 12.3 Å². The zero-order valence-electron chi connectivity index (χ0n) is 8.59. The summed E-state index contributed by atoms with van der Waals surface area (Å²) in [5.41, 5.74) is 3.10. The third kappa shape index (κ3) is 2.73. The van der Waals surface area contributed by atoms with Crippen molar-refractivity contribution in [2.24, 2.45) is 4.99 Å². The van der Waals surface area contributed by atoms with Crippen molar-refractivity contribution >= 4 is 5.71 Å². The summed E-state index contributed by atoms with van der Waals surface area (Å²) in [6.07, 6.45) is 8.37. The van der Waals surface area contributed by atoms with Crippen LogP contribution >= 0.6 is 0 Å². The van der Waals surface area contributed by atoms with E-state index < -0.39 is 0 Å². The predicted molar refractivity (Wildman–Crippen MR) is 62.3 cm³/mol. The van der Waals surface area contributed by atoms with Crippen molar-refractivity contribution in [1.29, 1.82) is 0 Å². The lowest BCUT2D eigenvalue weighted by Gasteiger charge is -2.15. The van der Waals surface area contributed by atoms with Crippen molar-refractivity contribution in [2.75, 3.05) is 6.54 Å². The minimum absolute atomic E-state index is 0.764. The van der Waals surface area contributed by atoms with E-state index in [2.05, 4.69) is 30.4 Å². The maximum Gasteiger partial charge on any atom is 0.0661 e. The van der Waals surface area contributed by atoms with Gasteiger partial charge in [0.1, 0.15) is 0 Å². The van der Waals surface area contributed by atoms with Crippen LogP contribution in [0.5, 0.6) is 0 Å². The van der Waals surface area contributed by atoms with E-state index in [1.807, 2.05) is 18.4 Å². The van der Waals surface area contributed by atoms with Gasteiger partial charge in [-0.3, -0.25) is 4.99 Å². The molecular formula is C12H16N2. The van der Waals surface area contributed by atoms with Crippen LogP contribution in [0.1, 0.15) is 13.3 Å². The van der Waals surface area contributed by atoms with Crippen molar-refractivity contribution in [1.82, 2.24) is 5.32 Å². The molecule has 0 saturated carbocycles. The number of hydrogen-bond acceptors (Lipinski definition) is 2. The summed E-state index contributed by atoms with van der Waals surface area (Å²) in [5.74, 6) is 0. The van der Waals surface area contributed by atoms with Crippen LogP contribution < -0.4 is 5.32 Å². The van der Waals surface area contributed by atoms with E-state index in [9.17, 15) is 0 Å². The van der Waals surface area contributed by atoms with Gasteiger partial charge in [0.25, 0.3) is 0 Å². The number of aliphatic imine (C=N–C) groups is 1. The molecular weight excluding hydrogens is 172 g/mol.